The van der Waals surface area contributed by atoms with E-state index in [1.807, 2.05) is 0 Å². The van der Waals surface area contributed by atoms with Crippen LogP contribution < -0.4 is 5.56 Å². The van der Waals surface area contributed by atoms with Gasteiger partial charge in [-0.3, -0.25) is 4.79 Å². The fourth-order valence-electron chi connectivity index (χ4n) is 3.26. The lowest BCUT2D eigenvalue weighted by Gasteiger charge is -2.29. The van der Waals surface area contributed by atoms with Crippen LogP contribution in [0.25, 0.3) is 10.9 Å². The molecule has 0 aliphatic rings. The normalized spacial score (nSPS) is 13.5. The Bertz CT molecular complexity index is 1260. The molecule has 2 heterocycles. The first-order chi connectivity index (χ1) is 14.4. The topological polar surface area (TPSA) is 98.7 Å². The quantitative estimate of drug-likeness (QED) is 0.502. The van der Waals surface area contributed by atoms with Gasteiger partial charge in [0.15, 0.2) is 0 Å². The van der Waals surface area contributed by atoms with E-state index in [2.05, 4.69) is 20.4 Å². The van der Waals surface area contributed by atoms with Crippen LogP contribution in [0.4, 0.5) is 8.78 Å². The zero-order chi connectivity index (χ0) is 21.3. The van der Waals surface area contributed by atoms with Crippen LogP contribution in [0.2, 0.25) is 5.02 Å². The van der Waals surface area contributed by atoms with E-state index < -0.39 is 22.8 Å². The zero-order valence-corrected chi connectivity index (χ0v) is 16.2. The molecule has 1 atom stereocenters. The zero-order valence-electron chi connectivity index (χ0n) is 15.4. The van der Waals surface area contributed by atoms with Gasteiger partial charge in [-0.05, 0) is 18.2 Å². The molecule has 2 aromatic heterocycles. The van der Waals surface area contributed by atoms with Crippen molar-refractivity contribution < 1.29 is 13.9 Å². The summed E-state index contributed by atoms with van der Waals surface area (Å²) in [7, 11) is 0. The molecule has 30 heavy (non-hydrogen) atoms. The number of nitrogens with zero attached hydrogens (tertiary/aromatic N) is 6. The fraction of sp³-hybridized carbons (Fsp3) is 0.211. The van der Waals surface area contributed by atoms with Gasteiger partial charge in [0.1, 0.15) is 35.4 Å². The van der Waals surface area contributed by atoms with Crippen molar-refractivity contribution in [3.8, 4) is 0 Å². The number of aliphatic hydroxyl groups is 1. The van der Waals surface area contributed by atoms with E-state index in [1.165, 1.54) is 17.3 Å². The molecular formula is C19H15ClF2N6O2. The molecule has 0 radical (unpaired) electrons. The summed E-state index contributed by atoms with van der Waals surface area (Å²) in [6.45, 7) is -0.277. The molecule has 0 saturated carbocycles. The number of benzene rings is 2. The molecule has 0 saturated heterocycles. The number of hydrogen-bond donors (Lipinski definition) is 1. The van der Waals surface area contributed by atoms with Crippen LogP contribution in [0.1, 0.15) is 12.0 Å². The average Bonchev–Trinajstić information content (AvgIpc) is 3.20. The van der Waals surface area contributed by atoms with E-state index in [1.54, 1.807) is 18.2 Å². The summed E-state index contributed by atoms with van der Waals surface area (Å²) >= 11 is 6.12. The summed E-state index contributed by atoms with van der Waals surface area (Å²) in [5.74, 6) is -1.69. The maximum absolute atomic E-state index is 14.5. The van der Waals surface area contributed by atoms with Gasteiger partial charge in [0, 0.05) is 24.6 Å². The van der Waals surface area contributed by atoms with E-state index in [9.17, 15) is 18.7 Å². The molecule has 0 fully saturated rings. The molecule has 0 aliphatic carbocycles. The Morgan fingerprint density at radius 2 is 2.03 bits per heavy atom. The number of aryl methyl sites for hydroxylation is 1. The Morgan fingerprint density at radius 3 is 2.77 bits per heavy atom. The standard InChI is InChI=1S/C19H15ClF2N6O2/c20-14-2-1-3-16-17(14)18(29)28(26-25-16)7-6-19(30,9-27-11-23-10-24-27)13-5-4-12(21)8-15(13)22/h1-5,8,10-11,30H,6-7,9H2. The van der Waals surface area contributed by atoms with E-state index in [-0.39, 0.29) is 35.5 Å². The van der Waals surface area contributed by atoms with Crippen LogP contribution >= 0.6 is 11.6 Å². The van der Waals surface area contributed by atoms with Crippen molar-refractivity contribution in [2.45, 2.75) is 25.1 Å². The average molecular weight is 433 g/mol. The molecule has 154 valence electrons. The summed E-state index contributed by atoms with van der Waals surface area (Å²) in [5.41, 5.74) is -2.12. The van der Waals surface area contributed by atoms with Gasteiger partial charge in [0.05, 0.1) is 17.0 Å². The van der Waals surface area contributed by atoms with E-state index in [4.69, 9.17) is 11.6 Å². The van der Waals surface area contributed by atoms with Gasteiger partial charge in [-0.25, -0.2) is 23.1 Å². The third kappa shape index (κ3) is 3.79. The van der Waals surface area contributed by atoms with Crippen molar-refractivity contribution >= 4 is 22.5 Å². The second-order valence-corrected chi connectivity index (χ2v) is 7.16. The highest BCUT2D eigenvalue weighted by Gasteiger charge is 2.33. The Balaban J connectivity index is 1.71. The summed E-state index contributed by atoms with van der Waals surface area (Å²) in [4.78, 5) is 16.6. The molecule has 1 N–H and O–H groups in total. The predicted molar refractivity (Wildman–Crippen MR) is 104 cm³/mol. The molecule has 0 amide bonds. The summed E-state index contributed by atoms with van der Waals surface area (Å²) in [6, 6.07) is 7.71. The van der Waals surface area contributed by atoms with Crippen molar-refractivity contribution in [3.05, 3.63) is 81.6 Å². The van der Waals surface area contributed by atoms with Gasteiger partial charge in [-0.2, -0.15) is 5.10 Å². The minimum absolute atomic E-state index is 0.102. The first-order valence-electron chi connectivity index (χ1n) is 8.90. The first-order valence-corrected chi connectivity index (χ1v) is 9.27. The van der Waals surface area contributed by atoms with Crippen molar-refractivity contribution in [1.29, 1.82) is 0 Å². The monoisotopic (exact) mass is 432 g/mol. The summed E-state index contributed by atoms with van der Waals surface area (Å²) in [6.07, 6.45) is 2.48. The maximum atomic E-state index is 14.5. The summed E-state index contributed by atoms with van der Waals surface area (Å²) < 4.78 is 30.2. The lowest BCUT2D eigenvalue weighted by atomic mass is 9.89. The third-order valence-corrected chi connectivity index (χ3v) is 5.08. The minimum Gasteiger partial charge on any atom is -0.383 e. The Hall–Kier alpha value is -3.24. The van der Waals surface area contributed by atoms with Gasteiger partial charge in [-0.15, -0.1) is 5.10 Å². The number of halogens is 3. The van der Waals surface area contributed by atoms with Crippen molar-refractivity contribution in [2.75, 3.05) is 0 Å². The van der Waals surface area contributed by atoms with Crippen molar-refractivity contribution in [2.24, 2.45) is 0 Å². The van der Waals surface area contributed by atoms with E-state index in [0.717, 1.165) is 16.8 Å². The Labute approximate surface area is 173 Å². The van der Waals surface area contributed by atoms with Crippen LogP contribution in [0.15, 0.2) is 53.8 Å². The first kappa shape index (κ1) is 20.0. The number of rotatable bonds is 6. The molecular weight excluding hydrogens is 418 g/mol. The van der Waals surface area contributed by atoms with Gasteiger partial charge in [0.25, 0.3) is 5.56 Å². The van der Waals surface area contributed by atoms with Crippen LogP contribution in [0, 0.1) is 11.6 Å². The number of aromatic nitrogens is 6. The van der Waals surface area contributed by atoms with Crippen molar-refractivity contribution in [3.63, 3.8) is 0 Å². The fourth-order valence-corrected chi connectivity index (χ4v) is 3.52. The highest BCUT2D eigenvalue weighted by Crippen LogP contribution is 2.30. The molecule has 4 aromatic rings. The van der Waals surface area contributed by atoms with Gasteiger partial charge >= 0.3 is 0 Å². The lowest BCUT2D eigenvalue weighted by molar-refractivity contribution is -0.00227. The highest BCUT2D eigenvalue weighted by molar-refractivity contribution is 6.35. The molecule has 8 nitrogen and oxygen atoms in total. The smallest absolute Gasteiger partial charge is 0.279 e. The molecule has 0 spiro atoms. The molecule has 1 unspecified atom stereocenters. The molecule has 11 heteroatoms. The maximum Gasteiger partial charge on any atom is 0.279 e. The van der Waals surface area contributed by atoms with Crippen molar-refractivity contribution in [1.82, 2.24) is 29.8 Å². The second-order valence-electron chi connectivity index (χ2n) is 6.75. The van der Waals surface area contributed by atoms with Crippen LogP contribution in [0.5, 0.6) is 0 Å². The molecule has 0 bridgehead atoms. The minimum atomic E-state index is -1.83. The molecule has 2 aromatic carbocycles. The predicted octanol–water partition coefficient (Wildman–Crippen LogP) is 2.29. The van der Waals surface area contributed by atoms with Crippen LogP contribution in [-0.2, 0) is 18.7 Å². The molecule has 0 aliphatic heterocycles. The Kier molecular flexibility index (Phi) is 5.27. The van der Waals surface area contributed by atoms with E-state index >= 15 is 0 Å². The van der Waals surface area contributed by atoms with Gasteiger partial charge in [-0.1, -0.05) is 28.9 Å². The van der Waals surface area contributed by atoms with E-state index in [0.29, 0.717) is 11.6 Å². The Morgan fingerprint density at radius 1 is 1.20 bits per heavy atom. The number of fused-ring (bicyclic) bond motifs is 1. The largest absolute Gasteiger partial charge is 0.383 e. The lowest BCUT2D eigenvalue weighted by Crippen LogP contribution is -2.36. The van der Waals surface area contributed by atoms with Gasteiger partial charge in [0.2, 0.25) is 0 Å². The second kappa shape index (κ2) is 7.88. The van der Waals surface area contributed by atoms with Crippen LogP contribution in [-0.4, -0.2) is 34.9 Å². The number of hydrogen-bond acceptors (Lipinski definition) is 6. The molecule has 4 rings (SSSR count). The third-order valence-electron chi connectivity index (χ3n) is 4.76. The SMILES string of the molecule is O=c1c2c(Cl)cccc2nnn1CCC(O)(Cn1cncn1)c1ccc(F)cc1F. The van der Waals surface area contributed by atoms with Crippen LogP contribution in [0.3, 0.4) is 0 Å². The van der Waals surface area contributed by atoms with Gasteiger partial charge < -0.3 is 5.11 Å². The highest BCUT2D eigenvalue weighted by atomic mass is 35.5. The summed E-state index contributed by atoms with van der Waals surface area (Å²) in [5, 5.41) is 23.5.